The first kappa shape index (κ1) is 24.4. The van der Waals surface area contributed by atoms with Crippen LogP contribution >= 0.6 is 11.3 Å². The van der Waals surface area contributed by atoms with E-state index in [-0.39, 0.29) is 18.4 Å². The molecule has 2 N–H and O–H groups in total. The number of carbonyl (C=O) groups is 2. The molecule has 0 atom stereocenters. The Morgan fingerprint density at radius 1 is 1.03 bits per heavy atom. The highest BCUT2D eigenvalue weighted by Crippen LogP contribution is 2.31. The van der Waals surface area contributed by atoms with E-state index in [1.807, 2.05) is 30.3 Å². The van der Waals surface area contributed by atoms with E-state index in [2.05, 4.69) is 37.7 Å². The van der Waals surface area contributed by atoms with Crippen molar-refractivity contribution in [2.45, 2.75) is 12.8 Å². The summed E-state index contributed by atoms with van der Waals surface area (Å²) in [6.45, 7) is 4.45. The molecule has 2 heterocycles. The Bertz CT molecular complexity index is 1210. The molecule has 2 aliphatic rings. The number of benzene rings is 2. The van der Waals surface area contributed by atoms with Crippen molar-refractivity contribution in [3.63, 3.8) is 0 Å². The van der Waals surface area contributed by atoms with E-state index in [0.29, 0.717) is 34.7 Å². The summed E-state index contributed by atoms with van der Waals surface area (Å²) in [7, 11) is 2.08. The summed E-state index contributed by atoms with van der Waals surface area (Å²) in [5.41, 5.74) is 1.70. The second-order valence-corrected chi connectivity index (χ2v) is 10.3. The van der Waals surface area contributed by atoms with Gasteiger partial charge in [0.15, 0.2) is 0 Å². The third kappa shape index (κ3) is 6.45. The molecular weight excluding hydrogens is 476 g/mol. The van der Waals surface area contributed by atoms with Crippen LogP contribution in [0.5, 0.6) is 5.75 Å². The van der Waals surface area contributed by atoms with Gasteiger partial charge < -0.3 is 15.0 Å². The van der Waals surface area contributed by atoms with Crippen LogP contribution < -0.4 is 15.4 Å². The zero-order chi connectivity index (χ0) is 24.9. The Hall–Kier alpha value is -3.34. The topological polar surface area (TPSA) is 99.7 Å². The zero-order valence-corrected chi connectivity index (χ0v) is 21.1. The number of hydrogen-bond donors (Lipinski definition) is 2. The number of piperazine rings is 1. The molecule has 0 bridgehead atoms. The first-order valence-electron chi connectivity index (χ1n) is 12.2. The van der Waals surface area contributed by atoms with E-state index < -0.39 is 0 Å². The molecule has 1 aromatic heterocycles. The van der Waals surface area contributed by atoms with Gasteiger partial charge in [0, 0.05) is 37.8 Å². The second kappa shape index (κ2) is 11.2. The molecule has 36 heavy (non-hydrogen) atoms. The lowest BCUT2D eigenvalue weighted by Gasteiger charge is -2.31. The average molecular weight is 507 g/mol. The molecule has 1 saturated heterocycles. The molecule has 2 fully saturated rings. The third-order valence-electron chi connectivity index (χ3n) is 6.32. The minimum absolute atomic E-state index is 0.157. The number of nitrogens with one attached hydrogen (secondary N) is 2. The van der Waals surface area contributed by atoms with Gasteiger partial charge in [-0.2, -0.15) is 0 Å². The molecule has 2 amide bonds. The van der Waals surface area contributed by atoms with E-state index in [9.17, 15) is 9.59 Å². The first-order chi connectivity index (χ1) is 17.5. The lowest BCUT2D eigenvalue weighted by Crippen LogP contribution is -2.47. The molecule has 0 radical (unpaired) electrons. The van der Waals surface area contributed by atoms with E-state index >= 15 is 0 Å². The van der Waals surface area contributed by atoms with Crippen LogP contribution in [-0.2, 0) is 4.79 Å². The highest BCUT2D eigenvalue weighted by Gasteiger charge is 2.23. The second-order valence-electron chi connectivity index (χ2n) is 9.32. The number of ether oxygens (including phenoxy) is 1. The molecule has 0 spiro atoms. The number of nitrogens with zero attached hydrogens (tertiary/aromatic N) is 4. The lowest BCUT2D eigenvalue weighted by atomic mass is 10.1. The van der Waals surface area contributed by atoms with Crippen molar-refractivity contribution in [1.29, 1.82) is 0 Å². The molecule has 0 unspecified atom stereocenters. The summed E-state index contributed by atoms with van der Waals surface area (Å²) < 4.78 is 5.90. The number of amides is 2. The van der Waals surface area contributed by atoms with E-state index in [1.54, 1.807) is 18.2 Å². The van der Waals surface area contributed by atoms with Crippen LogP contribution in [0.4, 0.5) is 10.8 Å². The maximum absolute atomic E-state index is 13.2. The van der Waals surface area contributed by atoms with Gasteiger partial charge in [-0.15, -0.1) is 10.2 Å². The highest BCUT2D eigenvalue weighted by molar-refractivity contribution is 7.18. The van der Waals surface area contributed by atoms with Gasteiger partial charge >= 0.3 is 0 Å². The summed E-state index contributed by atoms with van der Waals surface area (Å²) in [6, 6.07) is 14.9. The van der Waals surface area contributed by atoms with Gasteiger partial charge in [-0.1, -0.05) is 41.7 Å². The molecule has 2 aromatic carbocycles. The van der Waals surface area contributed by atoms with Gasteiger partial charge in [-0.3, -0.25) is 19.8 Å². The summed E-state index contributed by atoms with van der Waals surface area (Å²) in [5.74, 6) is 0.708. The third-order valence-corrected chi connectivity index (χ3v) is 7.21. The molecule has 10 heteroatoms. The maximum atomic E-state index is 13.2. The molecule has 1 aliphatic heterocycles. The molecular formula is C26H30N6O3S. The summed E-state index contributed by atoms with van der Waals surface area (Å²) in [5, 5.41) is 15.2. The van der Waals surface area contributed by atoms with Crippen LogP contribution in [0.3, 0.4) is 0 Å². The smallest absolute Gasteiger partial charge is 0.259 e. The van der Waals surface area contributed by atoms with E-state index in [0.717, 1.165) is 36.8 Å². The Kier molecular flexibility index (Phi) is 7.55. The van der Waals surface area contributed by atoms with Crippen molar-refractivity contribution in [3.8, 4) is 16.3 Å². The number of aromatic nitrogens is 2. The quantitative estimate of drug-likeness (QED) is 0.459. The van der Waals surface area contributed by atoms with Crippen molar-refractivity contribution in [1.82, 2.24) is 20.0 Å². The fourth-order valence-corrected chi connectivity index (χ4v) is 4.69. The summed E-state index contributed by atoms with van der Waals surface area (Å²) in [6.07, 6.45) is 2.36. The van der Waals surface area contributed by atoms with Gasteiger partial charge in [0.25, 0.3) is 5.91 Å². The molecule has 3 aromatic rings. The minimum Gasteiger partial charge on any atom is -0.493 e. The van der Waals surface area contributed by atoms with Crippen LogP contribution in [0.2, 0.25) is 0 Å². The predicted molar refractivity (Wildman–Crippen MR) is 141 cm³/mol. The lowest BCUT2D eigenvalue weighted by molar-refractivity contribution is -0.117. The number of likely N-dealkylation sites (N-methyl/N-ethyl adjacent to an activating group) is 1. The van der Waals surface area contributed by atoms with E-state index in [4.69, 9.17) is 4.74 Å². The van der Waals surface area contributed by atoms with Gasteiger partial charge in [0.1, 0.15) is 10.8 Å². The van der Waals surface area contributed by atoms with Gasteiger partial charge in [0.05, 0.1) is 24.4 Å². The molecule has 5 rings (SSSR count). The van der Waals surface area contributed by atoms with Crippen LogP contribution in [-0.4, -0.2) is 78.2 Å². The van der Waals surface area contributed by atoms with Gasteiger partial charge in [-0.05, 0) is 37.9 Å². The number of hydrogen-bond acceptors (Lipinski definition) is 8. The zero-order valence-electron chi connectivity index (χ0n) is 20.3. The monoisotopic (exact) mass is 506 g/mol. The molecule has 1 saturated carbocycles. The normalized spacial score (nSPS) is 16.5. The number of anilines is 2. The fraction of sp³-hybridized carbons (Fsp3) is 0.385. The SMILES string of the molecule is CN1CCN(CC(=O)Nc2cc(OCC3CC3)ccc2C(=O)Nc2nnc(-c3ccccc3)s2)CC1. The maximum Gasteiger partial charge on any atom is 0.259 e. The summed E-state index contributed by atoms with van der Waals surface area (Å²) in [4.78, 5) is 30.4. The van der Waals surface area contributed by atoms with Crippen molar-refractivity contribution in [2.75, 3.05) is 57.0 Å². The van der Waals surface area contributed by atoms with Crippen LogP contribution in [0, 0.1) is 5.92 Å². The largest absolute Gasteiger partial charge is 0.493 e. The van der Waals surface area contributed by atoms with Crippen LogP contribution in [0.1, 0.15) is 23.2 Å². The molecule has 1 aliphatic carbocycles. The van der Waals surface area contributed by atoms with E-state index in [1.165, 1.54) is 24.2 Å². The van der Waals surface area contributed by atoms with Gasteiger partial charge in [-0.25, -0.2) is 0 Å². The van der Waals surface area contributed by atoms with Crippen LogP contribution in [0.25, 0.3) is 10.6 Å². The Morgan fingerprint density at radius 3 is 2.56 bits per heavy atom. The van der Waals surface area contributed by atoms with Crippen molar-refractivity contribution >= 4 is 34.0 Å². The predicted octanol–water partition coefficient (Wildman–Crippen LogP) is 3.43. The minimum atomic E-state index is -0.366. The highest BCUT2D eigenvalue weighted by atomic mass is 32.1. The number of rotatable bonds is 9. The Morgan fingerprint density at radius 2 is 1.81 bits per heavy atom. The van der Waals surface area contributed by atoms with Crippen LogP contribution in [0.15, 0.2) is 48.5 Å². The van der Waals surface area contributed by atoms with Crippen molar-refractivity contribution < 1.29 is 14.3 Å². The summed E-state index contributed by atoms with van der Waals surface area (Å²) >= 11 is 1.30. The average Bonchev–Trinajstić information content (AvgIpc) is 3.61. The fourth-order valence-electron chi connectivity index (χ4n) is 3.95. The first-order valence-corrected chi connectivity index (χ1v) is 13.0. The molecule has 188 valence electrons. The van der Waals surface area contributed by atoms with Crippen molar-refractivity contribution in [3.05, 3.63) is 54.1 Å². The molecule has 9 nitrogen and oxygen atoms in total. The Labute approximate surface area is 214 Å². The van der Waals surface area contributed by atoms with Gasteiger partial charge in [0.2, 0.25) is 11.0 Å². The number of carbonyl (C=O) groups excluding carboxylic acids is 2. The standard InChI is InChI=1S/C26H30N6O3S/c1-31-11-13-32(14-12-31)16-23(33)27-22-15-20(35-17-18-7-8-18)9-10-21(22)24(34)28-26-30-29-25(36-26)19-5-3-2-4-6-19/h2-6,9-10,15,18H,7-8,11-14,16-17H2,1H3,(H,27,33)(H,28,30,34). The Balaban J connectivity index is 1.29. The van der Waals surface area contributed by atoms with Crippen molar-refractivity contribution in [2.24, 2.45) is 5.92 Å².